The Hall–Kier alpha value is -5.57. The number of fused-ring (bicyclic) bond motifs is 1. The SMILES string of the molecule is [2H]C([2H])([2H])c1cc(-c2c(C(C)C)cccc2C([2H])(C)C)ccc1-n1c(-c2cc(C(C)(C)C)cc(C(C)(C)C)c2O)nc2c(-c3[c-]c(-c4cc(-c5ccccc5)ccn4)cc(C(C)(C)C)c3)cccc21.[Pt]. The first kappa shape index (κ1) is 43.0. The van der Waals surface area contributed by atoms with Gasteiger partial charge in [-0.15, -0.1) is 29.3 Å². The van der Waals surface area contributed by atoms with Crippen molar-refractivity contribution in [2.75, 3.05) is 0 Å². The third kappa shape index (κ3) is 9.37. The maximum Gasteiger partial charge on any atom is 0.148 e. The standard InChI is InChI=1S/C61H66N3O.Pt/c1-37(2)47-22-18-23-48(38(3)4)55(47)42-26-27-53(39(5)30-42)64-54-25-19-24-49(56(54)63-58(64)50-35-46(60(9,10)11)36-51(57(50)65)61(12,13)14)43-31-44(33-45(32-43)59(6,7)8)52-34-41(28-29-62-52)40-20-16-15-17-21-40;/h15-30,32-38,65H,1-14H3;/q-1;/i5D3,37D;. The van der Waals surface area contributed by atoms with Crippen LogP contribution in [-0.4, -0.2) is 19.6 Å². The Labute approximate surface area is 414 Å². The van der Waals surface area contributed by atoms with Crippen LogP contribution >= 0.6 is 0 Å². The van der Waals surface area contributed by atoms with Gasteiger partial charge in [0.15, 0.2) is 0 Å². The van der Waals surface area contributed by atoms with Crippen LogP contribution in [0.15, 0.2) is 128 Å². The molecule has 1 N–H and O–H groups in total. The first-order valence-electron chi connectivity index (χ1n) is 24.9. The van der Waals surface area contributed by atoms with Crippen molar-refractivity contribution >= 4 is 11.0 Å². The number of pyridine rings is 1. The van der Waals surface area contributed by atoms with E-state index in [1.807, 2.05) is 97.4 Å². The number of hydrogen-bond donors (Lipinski definition) is 1. The molecule has 0 aliphatic heterocycles. The summed E-state index contributed by atoms with van der Waals surface area (Å²) in [4.78, 5) is 10.4. The van der Waals surface area contributed by atoms with E-state index in [1.165, 1.54) is 0 Å². The summed E-state index contributed by atoms with van der Waals surface area (Å²) in [5.74, 6) is -0.314. The second-order valence-electron chi connectivity index (χ2n) is 21.3. The fraction of sp³-hybridized carbons (Fsp3) is 0.311. The topological polar surface area (TPSA) is 50.9 Å². The Morgan fingerprint density at radius 3 is 1.95 bits per heavy atom. The van der Waals surface area contributed by atoms with Crippen LogP contribution in [0.4, 0.5) is 0 Å². The summed E-state index contributed by atoms with van der Waals surface area (Å²) in [6, 6.07) is 44.3. The van der Waals surface area contributed by atoms with E-state index in [4.69, 9.17) is 9.97 Å². The van der Waals surface area contributed by atoms with Crippen LogP contribution in [0.1, 0.15) is 141 Å². The number of aryl methyl sites for hydroxylation is 1. The molecule has 0 fully saturated rings. The molecule has 6 aromatic carbocycles. The number of imidazole rings is 1. The van der Waals surface area contributed by atoms with Gasteiger partial charge in [-0.2, -0.15) is 0 Å². The smallest absolute Gasteiger partial charge is 0.148 e. The van der Waals surface area contributed by atoms with Gasteiger partial charge in [0.05, 0.1) is 22.3 Å². The molecular formula is C61H66N3OPt-. The number of nitrogens with zero attached hydrogens (tertiary/aromatic N) is 3. The molecule has 0 radical (unpaired) electrons. The molecule has 8 aromatic rings. The fourth-order valence-corrected chi connectivity index (χ4v) is 8.90. The van der Waals surface area contributed by atoms with Gasteiger partial charge in [-0.3, -0.25) is 9.55 Å². The largest absolute Gasteiger partial charge is 0.507 e. The molecule has 4 nitrogen and oxygen atoms in total. The summed E-state index contributed by atoms with van der Waals surface area (Å²) in [5, 5.41) is 12.6. The van der Waals surface area contributed by atoms with Gasteiger partial charge in [0, 0.05) is 44.0 Å². The zero-order valence-electron chi connectivity index (χ0n) is 44.8. The van der Waals surface area contributed by atoms with E-state index in [0.717, 1.165) is 72.5 Å². The van der Waals surface area contributed by atoms with Crippen molar-refractivity contribution in [3.63, 3.8) is 0 Å². The maximum atomic E-state index is 12.6. The van der Waals surface area contributed by atoms with Crippen LogP contribution < -0.4 is 0 Å². The van der Waals surface area contributed by atoms with Crippen LogP contribution in [0.25, 0.3) is 72.7 Å². The van der Waals surface area contributed by atoms with Gasteiger partial charge in [-0.25, -0.2) is 4.98 Å². The minimum Gasteiger partial charge on any atom is -0.507 e. The normalized spacial score (nSPS) is 13.5. The monoisotopic (exact) mass is 1060 g/mol. The Morgan fingerprint density at radius 1 is 0.636 bits per heavy atom. The summed E-state index contributed by atoms with van der Waals surface area (Å²) in [6.07, 6.45) is 1.84. The van der Waals surface area contributed by atoms with Crippen molar-refractivity contribution in [2.24, 2.45) is 0 Å². The van der Waals surface area contributed by atoms with Crippen LogP contribution in [0.5, 0.6) is 5.75 Å². The number of hydrogen-bond acceptors (Lipinski definition) is 3. The van der Waals surface area contributed by atoms with E-state index in [-0.39, 0.29) is 49.1 Å². The van der Waals surface area contributed by atoms with Crippen molar-refractivity contribution in [3.8, 4) is 67.5 Å². The number of phenolic OH excluding ortho intramolecular Hbond substituents is 1. The molecule has 0 aliphatic rings. The molecule has 0 amide bonds. The molecule has 0 saturated carbocycles. The van der Waals surface area contributed by atoms with E-state index >= 15 is 0 Å². The van der Waals surface area contributed by atoms with Crippen molar-refractivity contribution < 1.29 is 31.7 Å². The summed E-state index contributed by atoms with van der Waals surface area (Å²) in [6.45, 7) is 24.7. The van der Waals surface area contributed by atoms with E-state index in [2.05, 4.69) is 125 Å². The molecule has 0 aliphatic carbocycles. The van der Waals surface area contributed by atoms with Crippen LogP contribution in [-0.2, 0) is 37.3 Å². The molecule has 342 valence electrons. The molecule has 0 spiro atoms. The number of para-hydroxylation sites is 1. The minimum atomic E-state index is -2.57. The maximum absolute atomic E-state index is 12.6. The molecular weight excluding hydrogens is 986 g/mol. The Balaban J connectivity index is 0.00000722. The third-order valence-corrected chi connectivity index (χ3v) is 12.7. The quantitative estimate of drug-likeness (QED) is 0.154. The van der Waals surface area contributed by atoms with Crippen LogP contribution in [0.3, 0.4) is 0 Å². The van der Waals surface area contributed by atoms with Crippen molar-refractivity contribution in [1.29, 1.82) is 0 Å². The predicted molar refractivity (Wildman–Crippen MR) is 276 cm³/mol. The number of aromatic hydroxyl groups is 1. The summed E-state index contributed by atoms with van der Waals surface area (Å²) in [7, 11) is 0. The number of rotatable bonds is 8. The van der Waals surface area contributed by atoms with E-state index in [1.54, 1.807) is 6.07 Å². The molecule has 2 heterocycles. The molecule has 0 atom stereocenters. The molecule has 2 aromatic heterocycles. The van der Waals surface area contributed by atoms with Crippen LogP contribution in [0, 0.1) is 12.9 Å². The van der Waals surface area contributed by atoms with E-state index < -0.39 is 18.2 Å². The van der Waals surface area contributed by atoms with Crippen molar-refractivity contribution in [3.05, 3.63) is 167 Å². The molecule has 0 bridgehead atoms. The van der Waals surface area contributed by atoms with E-state index in [0.29, 0.717) is 28.1 Å². The Morgan fingerprint density at radius 2 is 1.30 bits per heavy atom. The summed E-state index contributed by atoms with van der Waals surface area (Å²) in [5.41, 5.74) is 13.2. The summed E-state index contributed by atoms with van der Waals surface area (Å²) < 4.78 is 38.7. The molecule has 5 heteroatoms. The first-order chi connectivity index (χ1) is 32.1. The first-order valence-corrected chi connectivity index (χ1v) is 22.9. The molecule has 8 rings (SSSR count). The average molecular weight is 1060 g/mol. The van der Waals surface area contributed by atoms with Gasteiger partial charge >= 0.3 is 0 Å². The summed E-state index contributed by atoms with van der Waals surface area (Å²) >= 11 is 0. The second-order valence-corrected chi connectivity index (χ2v) is 21.3. The van der Waals surface area contributed by atoms with Crippen molar-refractivity contribution in [2.45, 2.75) is 125 Å². The van der Waals surface area contributed by atoms with E-state index in [9.17, 15) is 10.6 Å². The van der Waals surface area contributed by atoms with Crippen LogP contribution in [0.2, 0.25) is 0 Å². The zero-order valence-corrected chi connectivity index (χ0v) is 43.1. The fourth-order valence-electron chi connectivity index (χ4n) is 8.90. The zero-order chi connectivity index (χ0) is 50.2. The average Bonchev–Trinajstić information content (AvgIpc) is 3.66. The number of aromatic nitrogens is 3. The van der Waals surface area contributed by atoms with Gasteiger partial charge in [-0.1, -0.05) is 180 Å². The van der Waals surface area contributed by atoms with Gasteiger partial charge in [0.25, 0.3) is 0 Å². The number of phenols is 1. The molecule has 0 saturated heterocycles. The second kappa shape index (κ2) is 18.3. The van der Waals surface area contributed by atoms with Gasteiger partial charge in [0.2, 0.25) is 0 Å². The predicted octanol–water partition coefficient (Wildman–Crippen LogP) is 16.7. The Kier molecular flexibility index (Phi) is 11.9. The van der Waals surface area contributed by atoms with Gasteiger partial charge < -0.3 is 5.11 Å². The van der Waals surface area contributed by atoms with Gasteiger partial charge in [0.1, 0.15) is 11.6 Å². The van der Waals surface area contributed by atoms with Gasteiger partial charge in [-0.05, 0) is 110 Å². The molecule has 0 unspecified atom stereocenters. The minimum absolute atomic E-state index is 0. The Bertz CT molecular complexity index is 3230. The van der Waals surface area contributed by atoms with Crippen molar-refractivity contribution in [1.82, 2.24) is 14.5 Å². The number of benzene rings is 6. The molecule has 66 heavy (non-hydrogen) atoms. The third-order valence-electron chi connectivity index (χ3n) is 12.7.